The third kappa shape index (κ3) is 8.14. The van der Waals surface area contributed by atoms with Crippen molar-refractivity contribution in [3.05, 3.63) is 47.5 Å². The largest absolute Gasteiger partial charge is 0.508 e. The molecule has 0 fully saturated rings. The van der Waals surface area contributed by atoms with Crippen molar-refractivity contribution in [1.29, 1.82) is 0 Å². The van der Waals surface area contributed by atoms with E-state index in [4.69, 9.17) is 22.3 Å². The third-order valence-electron chi connectivity index (χ3n) is 6.70. The molecule has 12 N–H and O–H groups in total. The topological polar surface area (TPSA) is 226 Å². The zero-order valence-electron chi connectivity index (χ0n) is 21.7. The summed E-state index contributed by atoms with van der Waals surface area (Å²) in [7, 11) is 0. The molecule has 12 heteroatoms. The van der Waals surface area contributed by atoms with Gasteiger partial charge in [-0.3, -0.25) is 14.4 Å². The Labute approximate surface area is 226 Å². The summed E-state index contributed by atoms with van der Waals surface area (Å²) in [6.45, 7) is 0.208. The van der Waals surface area contributed by atoms with Gasteiger partial charge in [-0.1, -0.05) is 12.1 Å². The average molecular weight is 543 g/mol. The van der Waals surface area contributed by atoms with Crippen molar-refractivity contribution < 1.29 is 29.7 Å². The van der Waals surface area contributed by atoms with Gasteiger partial charge in [-0.05, 0) is 72.3 Å². The molecular formula is C27H38N6O6. The SMILES string of the molecule is NCCC[C@@H]1NC(=O)[C@@H](N)Cc2cc(ccc2O)-c2ccc(O)c(c2)C[C@@H](C(=O)NCC[C@H](N)CO)NC1=O. The molecule has 4 bridgehead atoms. The monoisotopic (exact) mass is 542 g/mol. The van der Waals surface area contributed by atoms with Gasteiger partial charge in [-0.2, -0.15) is 0 Å². The van der Waals surface area contributed by atoms with Crippen molar-refractivity contribution >= 4 is 17.7 Å². The van der Waals surface area contributed by atoms with Crippen LogP contribution in [-0.2, 0) is 27.2 Å². The van der Waals surface area contributed by atoms with E-state index < -0.39 is 41.9 Å². The number of aromatic hydroxyl groups is 2. The lowest BCUT2D eigenvalue weighted by atomic mass is 9.95. The number of carbonyl (C=O) groups is 3. The molecule has 0 unspecified atom stereocenters. The Morgan fingerprint density at radius 2 is 1.62 bits per heavy atom. The quantitative estimate of drug-likeness (QED) is 0.193. The highest BCUT2D eigenvalue weighted by Crippen LogP contribution is 2.30. The van der Waals surface area contributed by atoms with Gasteiger partial charge in [0.2, 0.25) is 17.7 Å². The maximum absolute atomic E-state index is 13.3. The highest BCUT2D eigenvalue weighted by Gasteiger charge is 2.29. The van der Waals surface area contributed by atoms with E-state index in [1.165, 1.54) is 12.1 Å². The molecule has 3 rings (SSSR count). The number of fused-ring (bicyclic) bond motifs is 5. The van der Waals surface area contributed by atoms with Crippen molar-refractivity contribution in [3.8, 4) is 22.6 Å². The van der Waals surface area contributed by atoms with Crippen LogP contribution < -0.4 is 33.2 Å². The van der Waals surface area contributed by atoms with Crippen LogP contribution in [0.5, 0.6) is 11.5 Å². The zero-order valence-corrected chi connectivity index (χ0v) is 21.7. The van der Waals surface area contributed by atoms with E-state index in [0.29, 0.717) is 35.1 Å². The summed E-state index contributed by atoms with van der Waals surface area (Å²) in [5, 5.41) is 38.2. The normalized spacial score (nSPS) is 20.7. The van der Waals surface area contributed by atoms with Gasteiger partial charge >= 0.3 is 0 Å². The number of aliphatic hydroxyl groups excluding tert-OH is 1. The van der Waals surface area contributed by atoms with Gasteiger partial charge in [-0.15, -0.1) is 0 Å². The molecule has 0 radical (unpaired) electrons. The molecule has 0 aliphatic carbocycles. The van der Waals surface area contributed by atoms with Gasteiger partial charge in [0.25, 0.3) is 0 Å². The highest BCUT2D eigenvalue weighted by molar-refractivity contribution is 5.93. The first-order valence-electron chi connectivity index (χ1n) is 13.0. The molecule has 4 atom stereocenters. The molecule has 0 aromatic heterocycles. The molecule has 212 valence electrons. The van der Waals surface area contributed by atoms with Crippen LogP contribution in [0.3, 0.4) is 0 Å². The van der Waals surface area contributed by atoms with Crippen molar-refractivity contribution in [2.24, 2.45) is 17.2 Å². The molecule has 3 amide bonds. The van der Waals surface area contributed by atoms with Gasteiger partial charge < -0.3 is 48.5 Å². The summed E-state index contributed by atoms with van der Waals surface area (Å²) >= 11 is 0. The van der Waals surface area contributed by atoms with Gasteiger partial charge in [0, 0.05) is 25.4 Å². The van der Waals surface area contributed by atoms with Crippen LogP contribution in [-0.4, -0.2) is 76.9 Å². The summed E-state index contributed by atoms with van der Waals surface area (Å²) in [5.74, 6) is -1.81. The van der Waals surface area contributed by atoms with Crippen LogP contribution in [0.25, 0.3) is 11.1 Å². The Bertz CT molecular complexity index is 1180. The van der Waals surface area contributed by atoms with Gasteiger partial charge in [-0.25, -0.2) is 0 Å². The van der Waals surface area contributed by atoms with Crippen LogP contribution in [0.2, 0.25) is 0 Å². The maximum Gasteiger partial charge on any atom is 0.243 e. The van der Waals surface area contributed by atoms with E-state index in [9.17, 15) is 24.6 Å². The number of rotatable bonds is 8. The number of carbonyl (C=O) groups excluding carboxylic acids is 3. The Hall–Kier alpha value is -3.71. The zero-order chi connectivity index (χ0) is 28.5. The number of aliphatic hydroxyl groups is 1. The maximum atomic E-state index is 13.3. The fourth-order valence-corrected chi connectivity index (χ4v) is 4.35. The van der Waals surface area contributed by atoms with Crippen LogP contribution in [0.15, 0.2) is 36.4 Å². The summed E-state index contributed by atoms with van der Waals surface area (Å²) in [6, 6.07) is 6.10. The Kier molecular flexibility index (Phi) is 10.6. The van der Waals surface area contributed by atoms with Gasteiger partial charge in [0.1, 0.15) is 23.6 Å². The summed E-state index contributed by atoms with van der Waals surface area (Å²) in [5.41, 5.74) is 19.8. The van der Waals surface area contributed by atoms with E-state index in [2.05, 4.69) is 16.0 Å². The molecular weight excluding hydrogens is 504 g/mol. The summed E-state index contributed by atoms with van der Waals surface area (Å²) in [4.78, 5) is 39.4. The van der Waals surface area contributed by atoms with Crippen LogP contribution >= 0.6 is 0 Å². The van der Waals surface area contributed by atoms with E-state index in [1.54, 1.807) is 24.3 Å². The number of phenolic OH excluding ortho intramolecular Hbond substituents is 2. The van der Waals surface area contributed by atoms with Gasteiger partial charge in [0.05, 0.1) is 12.6 Å². The molecule has 0 saturated carbocycles. The van der Waals surface area contributed by atoms with Crippen molar-refractivity contribution in [2.45, 2.75) is 56.3 Å². The number of nitrogens with two attached hydrogens (primary N) is 3. The van der Waals surface area contributed by atoms with Crippen LogP contribution in [0, 0.1) is 0 Å². The molecule has 1 aliphatic heterocycles. The number of nitrogens with one attached hydrogen (secondary N) is 3. The fraction of sp³-hybridized carbons (Fsp3) is 0.444. The first-order valence-corrected chi connectivity index (χ1v) is 13.0. The van der Waals surface area contributed by atoms with Crippen molar-refractivity contribution in [1.82, 2.24) is 16.0 Å². The number of hydrogen-bond acceptors (Lipinski definition) is 9. The minimum atomic E-state index is -1.10. The summed E-state index contributed by atoms with van der Waals surface area (Å²) < 4.78 is 0. The average Bonchev–Trinajstić information content (AvgIpc) is 2.92. The standard InChI is InChI=1S/C27H38N6O6/c28-8-1-2-21-27(39)33-22(26(38)31-9-7-19(29)14-34)13-18-11-16(4-6-24(18)36)15-3-5-23(35)17(10-15)12-20(30)25(37)32-21/h3-6,10-11,19-22,34-36H,1-2,7-9,12-14,28-30H2,(H,31,38)(H,32,37)(H,33,39)/t19-,20-,21-,22-/m0/s1. The molecule has 39 heavy (non-hydrogen) atoms. The minimum absolute atomic E-state index is 0.0166. The fourth-order valence-electron chi connectivity index (χ4n) is 4.35. The molecule has 2 aromatic rings. The number of benzene rings is 2. The second kappa shape index (κ2) is 13.9. The number of hydrogen-bond donors (Lipinski definition) is 9. The Morgan fingerprint density at radius 3 is 2.21 bits per heavy atom. The number of phenols is 2. The molecule has 12 nitrogen and oxygen atoms in total. The first-order chi connectivity index (χ1) is 18.6. The smallest absolute Gasteiger partial charge is 0.243 e. The first kappa shape index (κ1) is 29.8. The second-order valence-corrected chi connectivity index (χ2v) is 9.78. The van der Waals surface area contributed by atoms with Gasteiger partial charge in [0.15, 0.2) is 0 Å². The Morgan fingerprint density at radius 1 is 1.00 bits per heavy atom. The predicted molar refractivity (Wildman–Crippen MR) is 145 cm³/mol. The van der Waals surface area contributed by atoms with E-state index in [-0.39, 0.29) is 50.5 Å². The summed E-state index contributed by atoms with van der Waals surface area (Å²) in [6.07, 6.45) is 0.922. The molecule has 0 saturated heterocycles. The van der Waals surface area contributed by atoms with Crippen LogP contribution in [0.4, 0.5) is 0 Å². The van der Waals surface area contributed by atoms with Crippen molar-refractivity contribution in [3.63, 3.8) is 0 Å². The van der Waals surface area contributed by atoms with Crippen molar-refractivity contribution in [2.75, 3.05) is 19.7 Å². The predicted octanol–water partition coefficient (Wildman–Crippen LogP) is -1.27. The van der Waals surface area contributed by atoms with E-state index in [0.717, 1.165) is 0 Å². The lowest BCUT2D eigenvalue weighted by molar-refractivity contribution is -0.132. The molecule has 0 spiro atoms. The number of amides is 3. The highest BCUT2D eigenvalue weighted by atomic mass is 16.3. The van der Waals surface area contributed by atoms with E-state index in [1.807, 2.05) is 0 Å². The lowest BCUT2D eigenvalue weighted by Gasteiger charge is -2.24. The molecule has 1 heterocycles. The molecule has 2 aromatic carbocycles. The minimum Gasteiger partial charge on any atom is -0.508 e. The van der Waals surface area contributed by atoms with Crippen LogP contribution in [0.1, 0.15) is 30.4 Å². The lowest BCUT2D eigenvalue weighted by Crippen LogP contribution is -2.56. The Balaban J connectivity index is 2.02. The van der Waals surface area contributed by atoms with E-state index >= 15 is 0 Å². The third-order valence-corrected chi connectivity index (χ3v) is 6.70. The second-order valence-electron chi connectivity index (χ2n) is 9.78. The molecule has 1 aliphatic rings.